The van der Waals surface area contributed by atoms with Gasteiger partial charge >= 0.3 is 0 Å². The number of ketones is 1. The lowest BCUT2D eigenvalue weighted by atomic mass is 10.1. The molecule has 1 saturated heterocycles. The van der Waals surface area contributed by atoms with Crippen molar-refractivity contribution in [1.29, 1.82) is 0 Å². The summed E-state index contributed by atoms with van der Waals surface area (Å²) in [5.41, 5.74) is 2.02. The molecule has 20 heavy (non-hydrogen) atoms. The first-order chi connectivity index (χ1) is 9.65. The number of hydrogen-bond acceptors (Lipinski definition) is 3. The molecule has 1 aliphatic rings. The Bertz CT molecular complexity index is 441. The van der Waals surface area contributed by atoms with E-state index in [9.17, 15) is 4.79 Å². The zero-order valence-electron chi connectivity index (χ0n) is 12.9. The number of carbonyl (C=O) groups is 1. The summed E-state index contributed by atoms with van der Waals surface area (Å²) in [6.07, 6.45) is 3.18. The van der Waals surface area contributed by atoms with Crippen LogP contribution in [0.5, 0.6) is 0 Å². The third-order valence-electron chi connectivity index (χ3n) is 4.34. The van der Waals surface area contributed by atoms with E-state index >= 15 is 0 Å². The monoisotopic (exact) mass is 274 g/mol. The van der Waals surface area contributed by atoms with Crippen molar-refractivity contribution in [2.75, 3.05) is 31.6 Å². The smallest absolute Gasteiger partial charge is 0.162 e. The van der Waals surface area contributed by atoms with Crippen LogP contribution in [0, 0.1) is 0 Å². The molecule has 0 aromatic heterocycles. The van der Waals surface area contributed by atoms with Gasteiger partial charge in [0, 0.05) is 37.3 Å². The number of anilines is 1. The highest BCUT2D eigenvalue weighted by Gasteiger charge is 2.24. The second kappa shape index (κ2) is 6.89. The summed E-state index contributed by atoms with van der Waals surface area (Å²) in [6.45, 7) is 7.58. The van der Waals surface area contributed by atoms with E-state index in [1.807, 2.05) is 19.1 Å². The van der Waals surface area contributed by atoms with Gasteiger partial charge in [0.25, 0.3) is 0 Å². The lowest BCUT2D eigenvalue weighted by Gasteiger charge is -2.29. The Morgan fingerprint density at radius 3 is 2.60 bits per heavy atom. The number of benzene rings is 1. The van der Waals surface area contributed by atoms with E-state index in [1.54, 1.807) is 0 Å². The summed E-state index contributed by atoms with van der Waals surface area (Å²) in [4.78, 5) is 16.5. The quantitative estimate of drug-likeness (QED) is 0.744. The van der Waals surface area contributed by atoms with Gasteiger partial charge in [-0.1, -0.05) is 13.8 Å². The Morgan fingerprint density at radius 1 is 1.30 bits per heavy atom. The highest BCUT2D eigenvalue weighted by atomic mass is 16.1. The maximum atomic E-state index is 11.6. The predicted octanol–water partition coefficient (Wildman–Crippen LogP) is 3.20. The van der Waals surface area contributed by atoms with Crippen molar-refractivity contribution in [2.24, 2.45) is 0 Å². The van der Waals surface area contributed by atoms with Crippen LogP contribution in [0.2, 0.25) is 0 Å². The van der Waals surface area contributed by atoms with E-state index in [0.717, 1.165) is 18.7 Å². The molecule has 1 heterocycles. The fraction of sp³-hybridized carbons (Fsp3) is 0.588. The fourth-order valence-electron chi connectivity index (χ4n) is 3.05. The Balaban J connectivity index is 1.98. The highest BCUT2D eigenvalue weighted by Crippen LogP contribution is 2.21. The molecule has 3 heteroatoms. The zero-order valence-corrected chi connectivity index (χ0v) is 12.9. The van der Waals surface area contributed by atoms with Gasteiger partial charge in [-0.15, -0.1) is 0 Å². The van der Waals surface area contributed by atoms with Gasteiger partial charge in [-0.3, -0.25) is 9.69 Å². The number of rotatable bonds is 6. The molecule has 3 nitrogen and oxygen atoms in total. The number of nitrogens with zero attached hydrogens (tertiary/aromatic N) is 2. The van der Waals surface area contributed by atoms with Crippen molar-refractivity contribution in [3.8, 4) is 0 Å². The average molecular weight is 274 g/mol. The van der Waals surface area contributed by atoms with Crippen molar-refractivity contribution in [3.63, 3.8) is 0 Å². The summed E-state index contributed by atoms with van der Waals surface area (Å²) in [6, 6.07) is 8.69. The summed E-state index contributed by atoms with van der Waals surface area (Å²) >= 11 is 0. The molecule has 0 N–H and O–H groups in total. The molecule has 0 radical (unpaired) electrons. The SMILES string of the molecule is CCC(=O)c1ccc(N(C)CC2CCCN2CC)cc1. The maximum Gasteiger partial charge on any atom is 0.162 e. The number of Topliss-reactive ketones (excluding diaryl/α,β-unsaturated/α-hetero) is 1. The van der Waals surface area contributed by atoms with E-state index in [1.165, 1.54) is 25.1 Å². The first kappa shape index (κ1) is 15.0. The minimum absolute atomic E-state index is 0.215. The minimum atomic E-state index is 0.215. The van der Waals surface area contributed by atoms with Crippen LogP contribution in [0.25, 0.3) is 0 Å². The van der Waals surface area contributed by atoms with Crippen LogP contribution in [-0.4, -0.2) is 43.4 Å². The van der Waals surface area contributed by atoms with E-state index in [-0.39, 0.29) is 5.78 Å². The topological polar surface area (TPSA) is 23.6 Å². The van der Waals surface area contributed by atoms with Crippen molar-refractivity contribution in [3.05, 3.63) is 29.8 Å². The Labute approximate surface area is 122 Å². The van der Waals surface area contributed by atoms with E-state index in [4.69, 9.17) is 0 Å². The standard InChI is InChI=1S/C17H26N2O/c1-4-17(20)14-8-10-15(11-9-14)18(3)13-16-7-6-12-19(16)5-2/h8-11,16H,4-7,12-13H2,1-3H3. The second-order valence-electron chi connectivity index (χ2n) is 5.63. The van der Waals surface area contributed by atoms with Crippen LogP contribution in [-0.2, 0) is 0 Å². The van der Waals surface area contributed by atoms with Crippen LogP contribution >= 0.6 is 0 Å². The molecule has 1 aromatic rings. The van der Waals surface area contributed by atoms with Crippen molar-refractivity contribution in [2.45, 2.75) is 39.2 Å². The third-order valence-corrected chi connectivity index (χ3v) is 4.34. The molecule has 0 aliphatic carbocycles. The molecule has 1 aromatic carbocycles. The van der Waals surface area contributed by atoms with Crippen LogP contribution < -0.4 is 4.90 Å². The number of hydrogen-bond donors (Lipinski definition) is 0. The molecule has 2 rings (SSSR count). The molecule has 0 saturated carbocycles. The summed E-state index contributed by atoms with van der Waals surface area (Å²) in [5.74, 6) is 0.215. The van der Waals surface area contributed by atoms with Crippen molar-refractivity contribution >= 4 is 11.5 Å². The lowest BCUT2D eigenvalue weighted by Crippen LogP contribution is -2.38. The molecule has 0 spiro atoms. The zero-order chi connectivity index (χ0) is 14.5. The Morgan fingerprint density at radius 2 is 2.00 bits per heavy atom. The fourth-order valence-corrected chi connectivity index (χ4v) is 3.05. The van der Waals surface area contributed by atoms with Crippen molar-refractivity contribution in [1.82, 2.24) is 4.90 Å². The number of likely N-dealkylation sites (N-methyl/N-ethyl adjacent to an activating group) is 2. The predicted molar refractivity (Wildman–Crippen MR) is 84.6 cm³/mol. The molecule has 1 fully saturated rings. The Kier molecular flexibility index (Phi) is 5.18. The molecule has 1 unspecified atom stereocenters. The van der Waals surface area contributed by atoms with Gasteiger partial charge < -0.3 is 4.90 Å². The molecular weight excluding hydrogens is 248 g/mol. The van der Waals surface area contributed by atoms with Gasteiger partial charge in [-0.05, 0) is 50.2 Å². The van der Waals surface area contributed by atoms with Crippen LogP contribution in [0.15, 0.2) is 24.3 Å². The van der Waals surface area contributed by atoms with Crippen molar-refractivity contribution < 1.29 is 4.79 Å². The molecule has 0 amide bonds. The molecule has 1 atom stereocenters. The Hall–Kier alpha value is -1.35. The summed E-state index contributed by atoms with van der Waals surface area (Å²) < 4.78 is 0. The van der Waals surface area contributed by atoms with Crippen LogP contribution in [0.4, 0.5) is 5.69 Å². The maximum absolute atomic E-state index is 11.6. The lowest BCUT2D eigenvalue weighted by molar-refractivity contribution is 0.0988. The second-order valence-corrected chi connectivity index (χ2v) is 5.63. The third kappa shape index (κ3) is 3.40. The van der Waals surface area contributed by atoms with Crippen LogP contribution in [0.3, 0.4) is 0 Å². The molecule has 1 aliphatic heterocycles. The molecular formula is C17H26N2O. The van der Waals surface area contributed by atoms with E-state index in [0.29, 0.717) is 12.5 Å². The summed E-state index contributed by atoms with van der Waals surface area (Å²) in [7, 11) is 2.14. The first-order valence-electron chi connectivity index (χ1n) is 7.74. The number of carbonyl (C=O) groups excluding carboxylic acids is 1. The van der Waals surface area contributed by atoms with Gasteiger partial charge in [0.15, 0.2) is 5.78 Å². The van der Waals surface area contributed by atoms with Gasteiger partial charge in [0.05, 0.1) is 0 Å². The molecule has 0 bridgehead atoms. The summed E-state index contributed by atoms with van der Waals surface area (Å²) in [5, 5.41) is 0. The van der Waals surface area contributed by atoms with Gasteiger partial charge in [0.1, 0.15) is 0 Å². The largest absolute Gasteiger partial charge is 0.373 e. The van der Waals surface area contributed by atoms with Gasteiger partial charge in [-0.2, -0.15) is 0 Å². The first-order valence-corrected chi connectivity index (χ1v) is 7.74. The average Bonchev–Trinajstić information content (AvgIpc) is 2.93. The van der Waals surface area contributed by atoms with E-state index in [2.05, 4.69) is 35.9 Å². The van der Waals surface area contributed by atoms with E-state index < -0.39 is 0 Å². The minimum Gasteiger partial charge on any atom is -0.373 e. The van der Waals surface area contributed by atoms with Crippen LogP contribution in [0.1, 0.15) is 43.5 Å². The molecule has 110 valence electrons. The van der Waals surface area contributed by atoms with Gasteiger partial charge in [0.2, 0.25) is 0 Å². The number of likely N-dealkylation sites (tertiary alicyclic amines) is 1. The highest BCUT2D eigenvalue weighted by molar-refractivity contribution is 5.96. The normalized spacial score (nSPS) is 19.2. The van der Waals surface area contributed by atoms with Gasteiger partial charge in [-0.25, -0.2) is 0 Å².